The molecule has 1 aromatic rings. The molecule has 78 valence electrons. The van der Waals surface area contributed by atoms with Crippen molar-refractivity contribution in [3.8, 4) is 0 Å². The van der Waals surface area contributed by atoms with Crippen LogP contribution in [0, 0.1) is 0 Å². The fourth-order valence-electron chi connectivity index (χ4n) is 1.35. The second-order valence-corrected chi connectivity index (χ2v) is 3.55. The first kappa shape index (κ1) is 10.8. The Morgan fingerprint density at radius 3 is 2.64 bits per heavy atom. The first-order chi connectivity index (χ1) is 6.65. The lowest BCUT2D eigenvalue weighted by Gasteiger charge is -2.25. The molecule has 1 aromatic heterocycles. The number of nitrogen functional groups attached to an aromatic ring is 1. The molecule has 0 aliphatic heterocycles. The van der Waals surface area contributed by atoms with Gasteiger partial charge in [-0.25, -0.2) is 9.97 Å². The van der Waals surface area contributed by atoms with Crippen molar-refractivity contribution < 1.29 is 0 Å². The largest absolute Gasteiger partial charge is 0.382 e. The van der Waals surface area contributed by atoms with Crippen LogP contribution in [0.3, 0.4) is 0 Å². The molecular formula is C10H18N4. The summed E-state index contributed by atoms with van der Waals surface area (Å²) < 4.78 is 0. The first-order valence-corrected chi connectivity index (χ1v) is 4.95. The van der Waals surface area contributed by atoms with E-state index >= 15 is 0 Å². The van der Waals surface area contributed by atoms with E-state index in [0.717, 1.165) is 12.2 Å². The molecule has 1 heterocycles. The van der Waals surface area contributed by atoms with Gasteiger partial charge in [-0.3, -0.25) is 0 Å². The number of rotatable bonds is 4. The van der Waals surface area contributed by atoms with Crippen LogP contribution < -0.4 is 10.6 Å². The van der Waals surface area contributed by atoms with Gasteiger partial charge in [-0.2, -0.15) is 0 Å². The van der Waals surface area contributed by atoms with Crippen molar-refractivity contribution in [3.63, 3.8) is 0 Å². The molecule has 14 heavy (non-hydrogen) atoms. The van der Waals surface area contributed by atoms with Crippen LogP contribution in [-0.2, 0) is 0 Å². The Balaban J connectivity index is 2.68. The number of nitrogens with two attached hydrogens (primary N) is 1. The third kappa shape index (κ3) is 2.58. The zero-order valence-electron chi connectivity index (χ0n) is 9.07. The monoisotopic (exact) mass is 194 g/mol. The van der Waals surface area contributed by atoms with Gasteiger partial charge in [0.1, 0.15) is 11.6 Å². The van der Waals surface area contributed by atoms with E-state index in [4.69, 9.17) is 5.73 Å². The maximum atomic E-state index is 5.47. The second kappa shape index (κ2) is 4.79. The maximum absolute atomic E-state index is 5.47. The SMILES string of the molecule is CCCC(C)N(C)c1cnc(N)cn1. The highest BCUT2D eigenvalue weighted by Crippen LogP contribution is 2.13. The van der Waals surface area contributed by atoms with Crippen LogP contribution in [-0.4, -0.2) is 23.1 Å². The fraction of sp³-hybridized carbons (Fsp3) is 0.600. The minimum Gasteiger partial charge on any atom is -0.382 e. The molecule has 0 aliphatic rings. The normalized spacial score (nSPS) is 12.5. The number of hydrogen-bond acceptors (Lipinski definition) is 4. The van der Waals surface area contributed by atoms with E-state index in [1.54, 1.807) is 12.4 Å². The van der Waals surface area contributed by atoms with Crippen LogP contribution in [0.5, 0.6) is 0 Å². The van der Waals surface area contributed by atoms with Gasteiger partial charge in [-0.15, -0.1) is 0 Å². The maximum Gasteiger partial charge on any atom is 0.147 e. The third-order valence-electron chi connectivity index (χ3n) is 2.39. The highest BCUT2D eigenvalue weighted by atomic mass is 15.2. The van der Waals surface area contributed by atoms with Crippen molar-refractivity contribution in [2.24, 2.45) is 0 Å². The lowest BCUT2D eigenvalue weighted by Crippen LogP contribution is -2.29. The zero-order chi connectivity index (χ0) is 10.6. The molecule has 1 atom stereocenters. The van der Waals surface area contributed by atoms with E-state index in [1.807, 2.05) is 7.05 Å². The molecule has 0 bridgehead atoms. The van der Waals surface area contributed by atoms with E-state index in [9.17, 15) is 0 Å². The summed E-state index contributed by atoms with van der Waals surface area (Å²) in [5.41, 5.74) is 5.47. The zero-order valence-corrected chi connectivity index (χ0v) is 9.07. The van der Waals surface area contributed by atoms with Gasteiger partial charge >= 0.3 is 0 Å². The minimum absolute atomic E-state index is 0.463. The average Bonchev–Trinajstić information content (AvgIpc) is 2.18. The van der Waals surface area contributed by atoms with Gasteiger partial charge in [-0.1, -0.05) is 13.3 Å². The fourth-order valence-corrected chi connectivity index (χ4v) is 1.35. The van der Waals surface area contributed by atoms with Crippen LogP contribution in [0.15, 0.2) is 12.4 Å². The average molecular weight is 194 g/mol. The first-order valence-electron chi connectivity index (χ1n) is 4.95. The Labute approximate surface area is 85.2 Å². The summed E-state index contributed by atoms with van der Waals surface area (Å²) in [5, 5.41) is 0. The van der Waals surface area contributed by atoms with Gasteiger partial charge in [0, 0.05) is 13.1 Å². The van der Waals surface area contributed by atoms with Crippen LogP contribution in [0.2, 0.25) is 0 Å². The molecule has 2 N–H and O–H groups in total. The summed E-state index contributed by atoms with van der Waals surface area (Å²) >= 11 is 0. The molecule has 0 saturated carbocycles. The van der Waals surface area contributed by atoms with Crippen molar-refractivity contribution in [3.05, 3.63) is 12.4 Å². The molecule has 0 aliphatic carbocycles. The molecule has 0 aromatic carbocycles. The lowest BCUT2D eigenvalue weighted by atomic mass is 10.2. The summed E-state index contributed by atoms with van der Waals surface area (Å²) in [6, 6.07) is 0.484. The smallest absolute Gasteiger partial charge is 0.147 e. The summed E-state index contributed by atoms with van der Waals surface area (Å²) in [6.07, 6.45) is 5.63. The minimum atomic E-state index is 0.463. The van der Waals surface area contributed by atoms with Crippen molar-refractivity contribution in [2.75, 3.05) is 17.7 Å². The molecule has 0 fully saturated rings. The van der Waals surface area contributed by atoms with Crippen LogP contribution in [0.25, 0.3) is 0 Å². The van der Waals surface area contributed by atoms with Crippen molar-refractivity contribution in [1.29, 1.82) is 0 Å². The third-order valence-corrected chi connectivity index (χ3v) is 2.39. The highest BCUT2D eigenvalue weighted by molar-refractivity contribution is 5.39. The Morgan fingerprint density at radius 2 is 2.14 bits per heavy atom. The van der Waals surface area contributed by atoms with Gasteiger partial charge < -0.3 is 10.6 Å². The predicted octanol–water partition coefficient (Wildman–Crippen LogP) is 1.68. The van der Waals surface area contributed by atoms with E-state index in [1.165, 1.54) is 6.42 Å². The number of aromatic nitrogens is 2. The molecular weight excluding hydrogens is 176 g/mol. The number of anilines is 2. The topological polar surface area (TPSA) is 55.0 Å². The van der Waals surface area contributed by atoms with Gasteiger partial charge in [0.15, 0.2) is 0 Å². The number of hydrogen-bond donors (Lipinski definition) is 1. The Bertz CT molecular complexity index is 270. The van der Waals surface area contributed by atoms with Crippen molar-refractivity contribution >= 4 is 11.6 Å². The summed E-state index contributed by atoms with van der Waals surface area (Å²) in [4.78, 5) is 10.4. The Morgan fingerprint density at radius 1 is 1.43 bits per heavy atom. The van der Waals surface area contributed by atoms with Crippen LogP contribution in [0.1, 0.15) is 26.7 Å². The van der Waals surface area contributed by atoms with Gasteiger partial charge in [0.2, 0.25) is 0 Å². The van der Waals surface area contributed by atoms with Gasteiger partial charge in [-0.05, 0) is 13.3 Å². The molecule has 4 heteroatoms. The molecule has 0 radical (unpaired) electrons. The Hall–Kier alpha value is -1.32. The molecule has 4 nitrogen and oxygen atoms in total. The van der Waals surface area contributed by atoms with Crippen LogP contribution in [0.4, 0.5) is 11.6 Å². The summed E-state index contributed by atoms with van der Waals surface area (Å²) in [7, 11) is 2.03. The van der Waals surface area contributed by atoms with Crippen LogP contribution >= 0.6 is 0 Å². The number of nitrogens with zero attached hydrogens (tertiary/aromatic N) is 3. The second-order valence-electron chi connectivity index (χ2n) is 3.55. The van der Waals surface area contributed by atoms with Gasteiger partial charge in [0.05, 0.1) is 12.4 Å². The highest BCUT2D eigenvalue weighted by Gasteiger charge is 2.09. The van der Waals surface area contributed by atoms with E-state index in [2.05, 4.69) is 28.7 Å². The molecule has 1 unspecified atom stereocenters. The molecule has 0 spiro atoms. The molecule has 1 rings (SSSR count). The van der Waals surface area contributed by atoms with Crippen molar-refractivity contribution in [1.82, 2.24) is 9.97 Å². The predicted molar refractivity (Wildman–Crippen MR) is 59.2 cm³/mol. The lowest BCUT2D eigenvalue weighted by molar-refractivity contribution is 0.610. The van der Waals surface area contributed by atoms with Crippen molar-refractivity contribution in [2.45, 2.75) is 32.7 Å². The van der Waals surface area contributed by atoms with E-state index < -0.39 is 0 Å². The molecule has 0 amide bonds. The molecule has 0 saturated heterocycles. The van der Waals surface area contributed by atoms with Gasteiger partial charge in [0.25, 0.3) is 0 Å². The van der Waals surface area contributed by atoms with E-state index in [0.29, 0.717) is 11.9 Å². The quantitative estimate of drug-likeness (QED) is 0.792. The standard InChI is InChI=1S/C10H18N4/c1-4-5-8(2)14(3)10-7-12-9(11)6-13-10/h6-8H,4-5H2,1-3H3,(H2,11,12). The Kier molecular flexibility index (Phi) is 3.68. The summed E-state index contributed by atoms with van der Waals surface area (Å²) in [5.74, 6) is 1.34. The van der Waals surface area contributed by atoms with E-state index in [-0.39, 0.29) is 0 Å². The summed E-state index contributed by atoms with van der Waals surface area (Å²) in [6.45, 7) is 4.36.